The Kier molecular flexibility index (Phi) is 6.87. The van der Waals surface area contributed by atoms with Gasteiger partial charge in [-0.25, -0.2) is 18.5 Å². The van der Waals surface area contributed by atoms with Crippen molar-refractivity contribution in [1.29, 1.82) is 0 Å². The first kappa shape index (κ1) is 25.4. The molecule has 0 unspecified atom stereocenters. The second kappa shape index (κ2) is 9.75. The molecule has 0 spiro atoms. The van der Waals surface area contributed by atoms with Gasteiger partial charge in [0.1, 0.15) is 10.7 Å². The lowest BCUT2D eigenvalue weighted by Gasteiger charge is -2.18. The molecule has 0 aromatic heterocycles. The van der Waals surface area contributed by atoms with Crippen molar-refractivity contribution < 1.29 is 22.8 Å². The van der Waals surface area contributed by atoms with E-state index in [4.69, 9.17) is 28.3 Å². The normalized spacial score (nSPS) is 13.8. The minimum absolute atomic E-state index is 0.0883. The topological polar surface area (TPSA) is 139 Å². The van der Waals surface area contributed by atoms with Gasteiger partial charge in [0.2, 0.25) is 10.0 Å². The lowest BCUT2D eigenvalue weighted by molar-refractivity contribution is -0.120. The third-order valence-corrected chi connectivity index (χ3v) is 7.03. The largest absolute Gasteiger partial charge is 0.350 e. The van der Waals surface area contributed by atoms with E-state index in [1.54, 1.807) is 43.3 Å². The fourth-order valence-corrected chi connectivity index (χ4v) is 4.38. The molecule has 1 heterocycles. The Bertz CT molecular complexity index is 1550. The van der Waals surface area contributed by atoms with E-state index >= 15 is 0 Å². The van der Waals surface area contributed by atoms with Gasteiger partial charge >= 0.3 is 0 Å². The van der Waals surface area contributed by atoms with Crippen molar-refractivity contribution in [2.24, 2.45) is 5.14 Å². The van der Waals surface area contributed by atoms with E-state index in [1.807, 2.05) is 0 Å². The van der Waals surface area contributed by atoms with Crippen LogP contribution in [0.1, 0.15) is 15.9 Å². The van der Waals surface area contributed by atoms with Gasteiger partial charge in [0.15, 0.2) is 0 Å². The van der Waals surface area contributed by atoms with Crippen molar-refractivity contribution >= 4 is 68.0 Å². The summed E-state index contributed by atoms with van der Waals surface area (Å²) in [4.78, 5) is 39.4. The molecule has 0 saturated heterocycles. The number of nitrogens with one attached hydrogen (secondary N) is 2. The molecular weight excluding hydrogens is 527 g/mol. The first-order valence-corrected chi connectivity index (χ1v) is 12.6. The number of nitrogens with two attached hydrogens (primary N) is 1. The number of imide groups is 1. The molecule has 0 aliphatic carbocycles. The van der Waals surface area contributed by atoms with E-state index in [0.29, 0.717) is 27.6 Å². The molecule has 4 N–H and O–H groups in total. The zero-order valence-corrected chi connectivity index (χ0v) is 20.9. The lowest BCUT2D eigenvalue weighted by Crippen LogP contribution is -2.32. The van der Waals surface area contributed by atoms with Crippen LogP contribution in [0.3, 0.4) is 0 Å². The molecular formula is C24H18Cl2N4O5S. The van der Waals surface area contributed by atoms with Crippen LogP contribution < -0.4 is 20.7 Å². The van der Waals surface area contributed by atoms with Crippen molar-refractivity contribution in [1.82, 2.24) is 0 Å². The summed E-state index contributed by atoms with van der Waals surface area (Å²) in [6.45, 7) is 1.68. The Morgan fingerprint density at radius 2 is 1.58 bits per heavy atom. The van der Waals surface area contributed by atoms with E-state index in [9.17, 15) is 22.8 Å². The number of halogens is 2. The van der Waals surface area contributed by atoms with Gasteiger partial charge in [-0.05, 0) is 67.1 Å². The summed E-state index contributed by atoms with van der Waals surface area (Å²) in [5, 5.41) is 10.6. The standard InChI is InChI=1S/C24H18Cl2N4O5S/c1-13-18(25)6-3-7-19(13)30-23(32)20(26)21(24(30)33)28-16-5-2-4-14(12-16)22(31)29-15-8-10-17(11-9-15)36(27,34)35/h2-12,28H,1H3,(H,29,31)(H2,27,34,35). The van der Waals surface area contributed by atoms with Crippen molar-refractivity contribution in [2.75, 3.05) is 15.5 Å². The molecule has 3 aromatic rings. The first-order valence-electron chi connectivity index (χ1n) is 10.3. The maximum absolute atomic E-state index is 13.1. The average molecular weight is 545 g/mol. The maximum atomic E-state index is 13.1. The Hall–Kier alpha value is -3.70. The highest BCUT2D eigenvalue weighted by molar-refractivity contribution is 7.89. The highest BCUT2D eigenvalue weighted by atomic mass is 35.5. The predicted octanol–water partition coefficient (Wildman–Crippen LogP) is 3.98. The van der Waals surface area contributed by atoms with Crippen LogP contribution in [0.5, 0.6) is 0 Å². The number of hydrogen-bond acceptors (Lipinski definition) is 6. The number of carbonyl (C=O) groups is 3. The van der Waals surface area contributed by atoms with E-state index in [0.717, 1.165) is 4.90 Å². The quantitative estimate of drug-likeness (QED) is 0.401. The summed E-state index contributed by atoms with van der Waals surface area (Å²) < 4.78 is 22.8. The molecule has 12 heteroatoms. The van der Waals surface area contributed by atoms with Gasteiger partial charge in [-0.1, -0.05) is 35.3 Å². The van der Waals surface area contributed by atoms with Crippen LogP contribution in [-0.4, -0.2) is 26.1 Å². The second-order valence-corrected chi connectivity index (χ2v) is 10.1. The van der Waals surface area contributed by atoms with Crippen molar-refractivity contribution in [3.8, 4) is 0 Å². The monoisotopic (exact) mass is 544 g/mol. The number of hydrogen-bond donors (Lipinski definition) is 3. The van der Waals surface area contributed by atoms with Crippen LogP contribution in [0.2, 0.25) is 5.02 Å². The molecule has 3 amide bonds. The van der Waals surface area contributed by atoms with Gasteiger partial charge in [0.25, 0.3) is 17.7 Å². The fraction of sp³-hybridized carbons (Fsp3) is 0.0417. The van der Waals surface area contributed by atoms with E-state index in [2.05, 4.69) is 10.6 Å². The lowest BCUT2D eigenvalue weighted by atomic mass is 10.1. The molecule has 0 radical (unpaired) electrons. The first-order chi connectivity index (χ1) is 17.0. The number of sulfonamides is 1. The third kappa shape index (κ3) is 4.98. The summed E-state index contributed by atoms with van der Waals surface area (Å²) in [7, 11) is -3.85. The minimum Gasteiger partial charge on any atom is -0.350 e. The number of anilines is 3. The summed E-state index contributed by atoms with van der Waals surface area (Å²) >= 11 is 12.3. The fourth-order valence-electron chi connectivity index (χ4n) is 3.48. The minimum atomic E-state index is -3.85. The van der Waals surface area contributed by atoms with Gasteiger partial charge in [0.05, 0.1) is 10.6 Å². The Labute approximate surface area is 216 Å². The van der Waals surface area contributed by atoms with Gasteiger partial charge in [-0.2, -0.15) is 0 Å². The number of primary sulfonamides is 1. The molecule has 184 valence electrons. The number of carbonyl (C=O) groups excluding carboxylic acids is 3. The SMILES string of the molecule is Cc1c(Cl)cccc1N1C(=O)C(Cl)=C(Nc2cccc(C(=O)Nc3ccc(S(N)(=O)=O)cc3)c2)C1=O. The summed E-state index contributed by atoms with van der Waals surface area (Å²) in [5.41, 5.74) is 1.63. The van der Waals surface area contributed by atoms with Gasteiger partial charge in [-0.15, -0.1) is 0 Å². The summed E-state index contributed by atoms with van der Waals surface area (Å²) in [6, 6.07) is 16.4. The molecule has 36 heavy (non-hydrogen) atoms. The molecule has 0 saturated carbocycles. The predicted molar refractivity (Wildman–Crippen MR) is 137 cm³/mol. The van der Waals surface area contributed by atoms with Gasteiger partial charge in [-0.3, -0.25) is 14.4 Å². The summed E-state index contributed by atoms with van der Waals surface area (Å²) in [5.74, 6) is -1.86. The van der Waals surface area contributed by atoms with Crippen LogP contribution in [0.25, 0.3) is 0 Å². The van der Waals surface area contributed by atoms with Gasteiger partial charge < -0.3 is 10.6 Å². The van der Waals surface area contributed by atoms with E-state index in [1.165, 1.54) is 30.3 Å². The van der Waals surface area contributed by atoms with Crippen LogP contribution in [0.15, 0.2) is 82.4 Å². The molecule has 3 aromatic carbocycles. The maximum Gasteiger partial charge on any atom is 0.283 e. The van der Waals surface area contributed by atoms with Crippen molar-refractivity contribution in [2.45, 2.75) is 11.8 Å². The average Bonchev–Trinajstić information content (AvgIpc) is 3.04. The molecule has 1 aliphatic rings. The Morgan fingerprint density at radius 1 is 0.917 bits per heavy atom. The molecule has 0 fully saturated rings. The Balaban J connectivity index is 1.53. The van der Waals surface area contributed by atoms with E-state index < -0.39 is 27.7 Å². The number of benzene rings is 3. The van der Waals surface area contributed by atoms with Crippen LogP contribution in [0.4, 0.5) is 17.1 Å². The zero-order valence-electron chi connectivity index (χ0n) is 18.6. The molecule has 0 atom stereocenters. The van der Waals surface area contributed by atoms with Crippen LogP contribution >= 0.6 is 23.2 Å². The zero-order chi connectivity index (χ0) is 26.2. The highest BCUT2D eigenvalue weighted by Crippen LogP contribution is 2.34. The number of amides is 3. The van der Waals surface area contributed by atoms with Crippen LogP contribution in [0, 0.1) is 6.92 Å². The summed E-state index contributed by atoms with van der Waals surface area (Å²) in [6.07, 6.45) is 0. The number of rotatable bonds is 6. The smallest absolute Gasteiger partial charge is 0.283 e. The molecule has 0 bridgehead atoms. The third-order valence-electron chi connectivity index (χ3n) is 5.34. The number of nitrogens with zero attached hydrogens (tertiary/aromatic N) is 1. The molecule has 9 nitrogen and oxygen atoms in total. The van der Waals surface area contributed by atoms with E-state index in [-0.39, 0.29) is 21.2 Å². The van der Waals surface area contributed by atoms with Crippen molar-refractivity contribution in [3.63, 3.8) is 0 Å². The molecule has 1 aliphatic heterocycles. The Morgan fingerprint density at radius 3 is 2.25 bits per heavy atom. The second-order valence-electron chi connectivity index (χ2n) is 7.75. The van der Waals surface area contributed by atoms with Crippen LogP contribution in [-0.2, 0) is 19.6 Å². The van der Waals surface area contributed by atoms with Crippen molar-refractivity contribution in [3.05, 3.63) is 93.6 Å². The molecule has 4 rings (SSSR count). The highest BCUT2D eigenvalue weighted by Gasteiger charge is 2.39. The van der Waals surface area contributed by atoms with Gasteiger partial charge in [0, 0.05) is 22.0 Å².